The summed E-state index contributed by atoms with van der Waals surface area (Å²) in [4.78, 5) is 4.62. The molecule has 0 N–H and O–H groups in total. The maximum Gasteiger partial charge on any atom is 0.0547 e. The third kappa shape index (κ3) is 6.23. The van der Waals surface area contributed by atoms with Crippen LogP contribution in [0.4, 0.5) is 34.1 Å². The van der Waals surface area contributed by atoms with Crippen LogP contribution in [0.15, 0.2) is 255 Å². The highest BCUT2D eigenvalue weighted by molar-refractivity contribution is 6.22. The van der Waals surface area contributed by atoms with Gasteiger partial charge in [-0.3, -0.25) is 0 Å². The number of fused-ring (bicyclic) bond motifs is 6. The number of nitrogens with zero attached hydrogens (tertiary/aromatic N) is 4. The van der Waals surface area contributed by atoms with Gasteiger partial charge < -0.3 is 18.9 Å². The number of hydrogen-bond donors (Lipinski definition) is 0. The van der Waals surface area contributed by atoms with Crippen LogP contribution in [0.25, 0.3) is 66.1 Å². The van der Waals surface area contributed by atoms with Crippen molar-refractivity contribution in [2.45, 2.75) is 0 Å². The first-order valence-electron chi connectivity index (χ1n) is 21.9. The number of rotatable bonds is 9. The van der Waals surface area contributed by atoms with E-state index in [1.807, 2.05) is 0 Å². The van der Waals surface area contributed by atoms with Gasteiger partial charge in [-0.05, 0) is 132 Å². The molecule has 64 heavy (non-hydrogen) atoms. The highest BCUT2D eigenvalue weighted by Gasteiger charge is 2.22. The molecule has 4 nitrogen and oxygen atoms in total. The molecule has 0 unspecified atom stereocenters. The quantitative estimate of drug-likeness (QED) is 0.144. The van der Waals surface area contributed by atoms with Crippen LogP contribution in [0.1, 0.15) is 0 Å². The normalized spacial score (nSPS) is 11.4. The van der Waals surface area contributed by atoms with E-state index in [4.69, 9.17) is 0 Å². The van der Waals surface area contributed by atoms with Gasteiger partial charge in [0.05, 0.1) is 22.1 Å². The largest absolute Gasteiger partial charge is 0.311 e. The molecule has 0 saturated heterocycles. The van der Waals surface area contributed by atoms with Crippen molar-refractivity contribution in [2.75, 3.05) is 9.80 Å². The van der Waals surface area contributed by atoms with Gasteiger partial charge in [-0.2, -0.15) is 0 Å². The second-order valence-corrected chi connectivity index (χ2v) is 16.2. The first kappa shape index (κ1) is 37.2. The van der Waals surface area contributed by atoms with Gasteiger partial charge in [-0.25, -0.2) is 0 Å². The van der Waals surface area contributed by atoms with Gasteiger partial charge in [0.2, 0.25) is 0 Å². The molecule has 4 heteroatoms. The standard InChI is InChI=1S/C60H42N4/c1-5-19-43(20-6-1)61(44-21-7-2-8-22-44)47-35-39-49(40-36-47)63-55-31-15-13-27-53(55)59-51(29-17-33-57(59)63)52-30-18-34-58-60(52)54-28-14-16-32-56(54)64(58)50-41-37-48(38-42-50)62(45-23-9-3-10-24-45)46-25-11-4-12-26-46/h1-42H. The molecule has 0 aliphatic carbocycles. The molecule has 0 spiro atoms. The second kappa shape index (κ2) is 15.7. The topological polar surface area (TPSA) is 16.3 Å². The van der Waals surface area contributed by atoms with Gasteiger partial charge in [0.15, 0.2) is 0 Å². The van der Waals surface area contributed by atoms with Crippen molar-refractivity contribution in [3.05, 3.63) is 255 Å². The summed E-state index contributed by atoms with van der Waals surface area (Å²) in [6, 6.07) is 91.6. The van der Waals surface area contributed by atoms with Gasteiger partial charge in [0.25, 0.3) is 0 Å². The molecule has 302 valence electrons. The monoisotopic (exact) mass is 818 g/mol. The van der Waals surface area contributed by atoms with Gasteiger partial charge in [0, 0.05) is 67.0 Å². The first-order valence-corrected chi connectivity index (χ1v) is 21.9. The molecule has 0 fully saturated rings. The summed E-state index contributed by atoms with van der Waals surface area (Å²) in [5.41, 5.74) is 16.0. The summed E-state index contributed by atoms with van der Waals surface area (Å²) < 4.78 is 4.85. The molecule has 0 aliphatic rings. The van der Waals surface area contributed by atoms with E-state index in [-0.39, 0.29) is 0 Å². The predicted molar refractivity (Wildman–Crippen MR) is 270 cm³/mol. The highest BCUT2D eigenvalue weighted by Crippen LogP contribution is 2.45. The maximum absolute atomic E-state index is 2.42. The van der Waals surface area contributed by atoms with Crippen molar-refractivity contribution in [2.24, 2.45) is 0 Å². The molecule has 0 atom stereocenters. The van der Waals surface area contributed by atoms with Gasteiger partial charge in [-0.15, -0.1) is 0 Å². The lowest BCUT2D eigenvalue weighted by Gasteiger charge is -2.25. The average molecular weight is 819 g/mol. The summed E-state index contributed by atoms with van der Waals surface area (Å²) in [5, 5.41) is 4.94. The van der Waals surface area contributed by atoms with E-state index >= 15 is 0 Å². The maximum atomic E-state index is 2.42. The van der Waals surface area contributed by atoms with Crippen molar-refractivity contribution in [1.82, 2.24) is 9.13 Å². The van der Waals surface area contributed by atoms with E-state index in [1.54, 1.807) is 0 Å². The van der Waals surface area contributed by atoms with Crippen LogP contribution in [-0.4, -0.2) is 9.13 Å². The Morgan fingerprint density at radius 1 is 0.219 bits per heavy atom. The molecular weight excluding hydrogens is 777 g/mol. The summed E-state index contributed by atoms with van der Waals surface area (Å²) in [7, 11) is 0. The zero-order valence-electron chi connectivity index (χ0n) is 35.0. The fourth-order valence-corrected chi connectivity index (χ4v) is 9.75. The zero-order valence-corrected chi connectivity index (χ0v) is 35.0. The minimum atomic E-state index is 1.10. The van der Waals surface area contributed by atoms with Crippen LogP contribution < -0.4 is 9.80 Å². The van der Waals surface area contributed by atoms with E-state index in [2.05, 4.69) is 274 Å². The number of benzene rings is 10. The Bertz CT molecular complexity index is 3250. The summed E-state index contributed by atoms with van der Waals surface area (Å²) >= 11 is 0. The van der Waals surface area contributed by atoms with Crippen LogP contribution in [0.5, 0.6) is 0 Å². The summed E-state index contributed by atoms with van der Waals surface area (Å²) in [5.74, 6) is 0. The molecule has 0 radical (unpaired) electrons. The minimum absolute atomic E-state index is 1.10. The molecule has 12 rings (SSSR count). The molecule has 10 aromatic carbocycles. The average Bonchev–Trinajstić information content (AvgIpc) is 3.89. The van der Waals surface area contributed by atoms with Crippen molar-refractivity contribution in [1.29, 1.82) is 0 Å². The lowest BCUT2D eigenvalue weighted by atomic mass is 9.95. The Balaban J connectivity index is 0.995. The van der Waals surface area contributed by atoms with Crippen molar-refractivity contribution < 1.29 is 0 Å². The number of anilines is 6. The zero-order chi connectivity index (χ0) is 42.4. The van der Waals surface area contributed by atoms with Crippen molar-refractivity contribution >= 4 is 77.7 Å². The summed E-state index contributed by atoms with van der Waals surface area (Å²) in [6.07, 6.45) is 0. The Hall–Kier alpha value is -8.60. The highest BCUT2D eigenvalue weighted by atomic mass is 15.1. The van der Waals surface area contributed by atoms with E-state index in [0.29, 0.717) is 0 Å². The summed E-state index contributed by atoms with van der Waals surface area (Å²) in [6.45, 7) is 0. The van der Waals surface area contributed by atoms with Gasteiger partial charge in [0.1, 0.15) is 0 Å². The van der Waals surface area contributed by atoms with E-state index in [0.717, 1.165) is 45.5 Å². The Kier molecular flexibility index (Phi) is 9.12. The smallest absolute Gasteiger partial charge is 0.0547 e. The molecule has 0 saturated carbocycles. The second-order valence-electron chi connectivity index (χ2n) is 16.2. The van der Waals surface area contributed by atoms with Crippen LogP contribution in [0, 0.1) is 0 Å². The lowest BCUT2D eigenvalue weighted by Crippen LogP contribution is -2.09. The van der Waals surface area contributed by atoms with Crippen LogP contribution in [-0.2, 0) is 0 Å². The molecule has 0 amide bonds. The molecule has 2 heterocycles. The van der Waals surface area contributed by atoms with E-state index in [9.17, 15) is 0 Å². The number of hydrogen-bond acceptors (Lipinski definition) is 2. The Morgan fingerprint density at radius 3 is 0.844 bits per heavy atom. The van der Waals surface area contributed by atoms with Gasteiger partial charge in [-0.1, -0.05) is 133 Å². The lowest BCUT2D eigenvalue weighted by molar-refractivity contribution is 1.17. The third-order valence-corrected chi connectivity index (χ3v) is 12.5. The van der Waals surface area contributed by atoms with Crippen LogP contribution in [0.2, 0.25) is 0 Å². The number of para-hydroxylation sites is 6. The molecule has 0 bridgehead atoms. The van der Waals surface area contributed by atoms with E-state index in [1.165, 1.54) is 54.7 Å². The fourth-order valence-electron chi connectivity index (χ4n) is 9.75. The molecule has 2 aromatic heterocycles. The molecular formula is C60H42N4. The minimum Gasteiger partial charge on any atom is -0.311 e. The van der Waals surface area contributed by atoms with Crippen molar-refractivity contribution in [3.8, 4) is 22.5 Å². The number of aromatic nitrogens is 2. The Morgan fingerprint density at radius 2 is 0.500 bits per heavy atom. The van der Waals surface area contributed by atoms with Gasteiger partial charge >= 0.3 is 0 Å². The SMILES string of the molecule is c1ccc(N(c2ccccc2)c2ccc(-n3c4ccccc4c4c(-c5cccc6c5c5ccccc5n6-c5ccc(N(c6ccccc6)c6ccccc6)cc5)cccc43)cc2)cc1. The Labute approximate surface area is 372 Å². The first-order chi connectivity index (χ1) is 31.8. The van der Waals surface area contributed by atoms with E-state index < -0.39 is 0 Å². The van der Waals surface area contributed by atoms with Crippen molar-refractivity contribution in [3.63, 3.8) is 0 Å². The molecule has 0 aliphatic heterocycles. The van der Waals surface area contributed by atoms with Crippen LogP contribution in [0.3, 0.4) is 0 Å². The predicted octanol–water partition coefficient (Wildman–Crippen LogP) is 16.5. The fraction of sp³-hybridized carbons (Fsp3) is 0. The van der Waals surface area contributed by atoms with Crippen LogP contribution >= 0.6 is 0 Å². The molecule has 12 aromatic rings. The third-order valence-electron chi connectivity index (χ3n) is 12.5.